The van der Waals surface area contributed by atoms with Crippen molar-refractivity contribution in [3.8, 4) is 0 Å². The zero-order valence-electron chi connectivity index (χ0n) is 8.11. The second-order valence-electron chi connectivity index (χ2n) is 3.67. The number of sulfone groups is 1. The summed E-state index contributed by atoms with van der Waals surface area (Å²) in [4.78, 5) is 0.140. The van der Waals surface area contributed by atoms with E-state index in [0.29, 0.717) is 18.5 Å². The van der Waals surface area contributed by atoms with E-state index in [-0.39, 0.29) is 11.3 Å². The molecule has 0 amide bonds. The molecule has 1 aromatic rings. The van der Waals surface area contributed by atoms with E-state index in [4.69, 9.17) is 5.73 Å². The number of hydrogen-bond donors (Lipinski definition) is 1. The lowest BCUT2D eigenvalue weighted by Crippen LogP contribution is -2.20. The van der Waals surface area contributed by atoms with Crippen molar-refractivity contribution in [2.75, 3.05) is 6.54 Å². The van der Waals surface area contributed by atoms with Crippen LogP contribution in [0.25, 0.3) is 0 Å². The van der Waals surface area contributed by atoms with Crippen molar-refractivity contribution in [2.45, 2.75) is 23.0 Å². The minimum atomic E-state index is -3.35. The van der Waals surface area contributed by atoms with Crippen molar-refractivity contribution in [1.82, 2.24) is 0 Å². The molecule has 0 spiro atoms. The van der Waals surface area contributed by atoms with Gasteiger partial charge in [0.05, 0.1) is 10.1 Å². The highest BCUT2D eigenvalue weighted by Gasteiger charge is 2.37. The summed E-state index contributed by atoms with van der Waals surface area (Å²) < 4.78 is 37.2. The first-order chi connectivity index (χ1) is 7.07. The number of hydrogen-bond acceptors (Lipinski definition) is 3. The van der Waals surface area contributed by atoms with Crippen molar-refractivity contribution in [3.63, 3.8) is 0 Å². The van der Waals surface area contributed by atoms with Gasteiger partial charge in [-0.2, -0.15) is 0 Å². The van der Waals surface area contributed by atoms with Gasteiger partial charge in [-0.3, -0.25) is 0 Å². The highest BCUT2D eigenvalue weighted by atomic mass is 32.2. The van der Waals surface area contributed by atoms with Gasteiger partial charge >= 0.3 is 0 Å². The number of fused-ring (bicyclic) bond motifs is 1. The topological polar surface area (TPSA) is 60.2 Å². The maximum absolute atomic E-state index is 13.4. The molecule has 1 unspecified atom stereocenters. The van der Waals surface area contributed by atoms with Gasteiger partial charge in [0.1, 0.15) is 5.82 Å². The average molecular weight is 229 g/mol. The molecule has 0 aromatic heterocycles. The predicted octanol–water partition coefficient (Wildman–Crippen LogP) is 0.873. The summed E-state index contributed by atoms with van der Waals surface area (Å²) >= 11 is 0. The quantitative estimate of drug-likeness (QED) is 0.818. The summed E-state index contributed by atoms with van der Waals surface area (Å²) in [5.74, 6) is -0.435. The van der Waals surface area contributed by atoms with Gasteiger partial charge in [-0.15, -0.1) is 0 Å². The van der Waals surface area contributed by atoms with Crippen LogP contribution < -0.4 is 5.73 Å². The Morgan fingerprint density at radius 3 is 2.80 bits per heavy atom. The van der Waals surface area contributed by atoms with Crippen molar-refractivity contribution in [2.24, 2.45) is 5.73 Å². The van der Waals surface area contributed by atoms with Crippen molar-refractivity contribution < 1.29 is 12.8 Å². The Hall–Kier alpha value is -0.940. The minimum absolute atomic E-state index is 0.140. The highest BCUT2D eigenvalue weighted by molar-refractivity contribution is 7.92. The molecule has 15 heavy (non-hydrogen) atoms. The average Bonchev–Trinajstić information content (AvgIpc) is 2.43. The van der Waals surface area contributed by atoms with E-state index in [9.17, 15) is 12.8 Å². The van der Waals surface area contributed by atoms with Crippen LogP contribution in [-0.4, -0.2) is 20.2 Å². The van der Waals surface area contributed by atoms with E-state index < -0.39 is 20.9 Å². The Balaban J connectivity index is 2.52. The Morgan fingerprint density at radius 1 is 1.47 bits per heavy atom. The van der Waals surface area contributed by atoms with Gasteiger partial charge in [0.2, 0.25) is 0 Å². The molecule has 0 aliphatic carbocycles. The normalized spacial score (nSPS) is 22.7. The van der Waals surface area contributed by atoms with Gasteiger partial charge < -0.3 is 5.73 Å². The number of benzene rings is 1. The van der Waals surface area contributed by atoms with Crippen molar-refractivity contribution in [1.29, 1.82) is 0 Å². The first kappa shape index (κ1) is 10.6. The molecule has 0 saturated carbocycles. The van der Waals surface area contributed by atoms with E-state index in [1.54, 1.807) is 0 Å². The Labute approximate surface area is 88.0 Å². The van der Waals surface area contributed by atoms with E-state index in [2.05, 4.69) is 0 Å². The zero-order chi connectivity index (χ0) is 11.1. The number of halogens is 1. The van der Waals surface area contributed by atoms with Crippen LogP contribution in [0.2, 0.25) is 0 Å². The van der Waals surface area contributed by atoms with Gasteiger partial charge in [-0.1, -0.05) is 6.07 Å². The Morgan fingerprint density at radius 2 is 2.20 bits per heavy atom. The van der Waals surface area contributed by atoms with Crippen LogP contribution in [0.1, 0.15) is 12.0 Å². The molecule has 0 saturated heterocycles. The summed E-state index contributed by atoms with van der Waals surface area (Å²) in [6.07, 6.45) is 0.637. The first-order valence-corrected chi connectivity index (χ1v) is 6.33. The molecule has 2 N–H and O–H groups in total. The molecule has 1 aliphatic rings. The van der Waals surface area contributed by atoms with E-state index in [1.165, 1.54) is 18.2 Å². The summed E-state index contributed by atoms with van der Waals surface area (Å²) in [5, 5.41) is -0.547. The molecule has 1 atom stereocenters. The zero-order valence-corrected chi connectivity index (χ0v) is 8.93. The minimum Gasteiger partial charge on any atom is -0.330 e. The van der Waals surface area contributed by atoms with Gasteiger partial charge in [0, 0.05) is 5.56 Å². The van der Waals surface area contributed by atoms with Gasteiger partial charge in [-0.25, -0.2) is 12.8 Å². The third-order valence-electron chi connectivity index (χ3n) is 2.74. The molecule has 0 fully saturated rings. The molecular weight excluding hydrogens is 217 g/mol. The van der Waals surface area contributed by atoms with Crippen molar-refractivity contribution in [3.05, 3.63) is 29.6 Å². The monoisotopic (exact) mass is 229 g/mol. The second-order valence-corrected chi connectivity index (χ2v) is 5.86. The van der Waals surface area contributed by atoms with Crippen LogP contribution in [0.5, 0.6) is 0 Å². The first-order valence-electron chi connectivity index (χ1n) is 4.78. The van der Waals surface area contributed by atoms with Gasteiger partial charge in [-0.05, 0) is 31.5 Å². The summed E-state index contributed by atoms with van der Waals surface area (Å²) in [6.45, 7) is 0.305. The molecular formula is C10H12FNO2S. The van der Waals surface area contributed by atoms with E-state index in [0.717, 1.165) is 0 Å². The fourth-order valence-corrected chi connectivity index (χ4v) is 3.95. The molecule has 2 rings (SSSR count). The number of nitrogens with two attached hydrogens (primary N) is 1. The van der Waals surface area contributed by atoms with E-state index in [1.807, 2.05) is 0 Å². The molecule has 0 radical (unpaired) electrons. The fourth-order valence-electron chi connectivity index (χ4n) is 1.96. The lowest BCUT2D eigenvalue weighted by atomic mass is 10.1. The Bertz CT molecular complexity index is 484. The molecule has 0 bridgehead atoms. The molecule has 1 heterocycles. The van der Waals surface area contributed by atoms with Crippen LogP contribution in [0.3, 0.4) is 0 Å². The van der Waals surface area contributed by atoms with E-state index >= 15 is 0 Å². The molecule has 1 aliphatic heterocycles. The van der Waals surface area contributed by atoms with Crippen LogP contribution >= 0.6 is 0 Å². The lowest BCUT2D eigenvalue weighted by molar-refractivity contribution is 0.580. The second kappa shape index (κ2) is 3.57. The maximum Gasteiger partial charge on any atom is 0.181 e. The largest absolute Gasteiger partial charge is 0.330 e. The predicted molar refractivity (Wildman–Crippen MR) is 54.7 cm³/mol. The summed E-state index contributed by atoms with van der Waals surface area (Å²) in [7, 11) is -3.35. The molecule has 3 nitrogen and oxygen atoms in total. The van der Waals surface area contributed by atoms with Gasteiger partial charge in [0.15, 0.2) is 9.84 Å². The molecule has 1 aromatic carbocycles. The smallest absolute Gasteiger partial charge is 0.181 e. The van der Waals surface area contributed by atoms with Crippen LogP contribution in [0.4, 0.5) is 4.39 Å². The van der Waals surface area contributed by atoms with Crippen molar-refractivity contribution >= 4 is 9.84 Å². The lowest BCUT2D eigenvalue weighted by Gasteiger charge is -2.06. The molecule has 5 heteroatoms. The number of rotatable bonds is 2. The van der Waals surface area contributed by atoms with Crippen LogP contribution in [0.15, 0.2) is 23.1 Å². The fraction of sp³-hybridized carbons (Fsp3) is 0.400. The summed E-state index contributed by atoms with van der Waals surface area (Å²) in [6, 6.07) is 4.18. The Kier molecular flexibility index (Phi) is 2.52. The third-order valence-corrected chi connectivity index (χ3v) is 5.02. The van der Waals surface area contributed by atoms with Gasteiger partial charge in [0.25, 0.3) is 0 Å². The van der Waals surface area contributed by atoms with Crippen LogP contribution in [-0.2, 0) is 16.3 Å². The third kappa shape index (κ3) is 1.55. The van der Waals surface area contributed by atoms with Crippen LogP contribution in [0, 0.1) is 5.82 Å². The SMILES string of the molecule is NCCC1Cc2c(F)cccc2S1(=O)=O. The highest BCUT2D eigenvalue weighted by Crippen LogP contribution is 2.33. The maximum atomic E-state index is 13.4. The summed E-state index contributed by atoms with van der Waals surface area (Å²) in [5.41, 5.74) is 5.66. The molecule has 82 valence electrons. The standard InChI is InChI=1S/C10H12FNO2S/c11-9-2-1-3-10-8(9)6-7(4-5-12)15(10,13)14/h1-3,7H,4-6,12H2.